The Hall–Kier alpha value is -3.27. The second-order valence-electron chi connectivity index (χ2n) is 15.5. The van der Waals surface area contributed by atoms with Crippen molar-refractivity contribution in [2.75, 3.05) is 53.8 Å². The number of likely N-dealkylation sites (tertiary alicyclic amines) is 1. The fourth-order valence-corrected chi connectivity index (χ4v) is 8.71. The smallest absolute Gasteiger partial charge is 0.264 e. The van der Waals surface area contributed by atoms with E-state index in [2.05, 4.69) is 15.4 Å². The number of likely N-dealkylation sites (N-methyl/N-ethyl adjacent to an activating group) is 2. The minimum absolute atomic E-state index is 0. The first kappa shape index (κ1) is 46.9. The van der Waals surface area contributed by atoms with Crippen LogP contribution in [0.2, 0.25) is 0 Å². The summed E-state index contributed by atoms with van der Waals surface area (Å²) < 4.78 is 40.2. The van der Waals surface area contributed by atoms with Crippen LogP contribution in [0.4, 0.5) is 5.69 Å². The van der Waals surface area contributed by atoms with Gasteiger partial charge in [0.05, 0.1) is 47.6 Å². The number of nitrogens with zero attached hydrogens (tertiary/aromatic N) is 3. The van der Waals surface area contributed by atoms with Crippen LogP contribution in [0.1, 0.15) is 85.4 Å². The van der Waals surface area contributed by atoms with E-state index in [0.717, 1.165) is 5.69 Å². The minimum Gasteiger partial charge on any atom is -0.385 e. The summed E-state index contributed by atoms with van der Waals surface area (Å²) in [5, 5.41) is 6.12. The summed E-state index contributed by atoms with van der Waals surface area (Å²) in [5.41, 5.74) is 0.759. The van der Waals surface area contributed by atoms with Crippen LogP contribution in [0, 0.1) is 23.7 Å². The topological polar surface area (TPSA) is 167 Å². The molecular formula is C39H74N6O8S. The first-order valence-electron chi connectivity index (χ1n) is 19.3. The van der Waals surface area contributed by atoms with E-state index in [0.29, 0.717) is 32.4 Å². The van der Waals surface area contributed by atoms with E-state index in [1.807, 2.05) is 67.5 Å². The molecule has 0 aromatic heterocycles. The summed E-state index contributed by atoms with van der Waals surface area (Å²) in [7, 11) is 4.21. The highest BCUT2D eigenvalue weighted by atomic mass is 32.2. The molecule has 54 heavy (non-hydrogen) atoms. The first-order chi connectivity index (χ1) is 25.3. The summed E-state index contributed by atoms with van der Waals surface area (Å²) in [5.74, 6) is -2.58. The van der Waals surface area contributed by atoms with Crippen LogP contribution in [0.3, 0.4) is 0 Å². The lowest BCUT2D eigenvalue weighted by Crippen LogP contribution is -2.59. The molecule has 2 rings (SSSR count). The minimum atomic E-state index is -4.15. The number of methoxy groups -OCH3 is 2. The standard InChI is InChI=1S/C39H68N6O8S.3H2/c1-14-26(7)35(44(11)39(49)33(24(3)4)41-38(48)34(25(5)6)43(9)10)31(52-12)23-32(46)45-22-16-17-30(45)36(53-13)27(8)37(47)42-54(50,51)29-20-18-28(19-21-29)40-15-2;;;/h18-21,24-27,30-31,33-36,40H,14-17,22-23H2,1-13H3,(H,41,48)(H,42,47);3*1H/t26-,27+,30-,31+,33-,34-,35-,36+;;;/m0.../s1. The van der Waals surface area contributed by atoms with Gasteiger partial charge in [-0.25, -0.2) is 13.1 Å². The molecule has 0 radical (unpaired) electrons. The molecule has 0 spiro atoms. The summed E-state index contributed by atoms with van der Waals surface area (Å²) in [6.07, 6.45) is 0.436. The van der Waals surface area contributed by atoms with Crippen molar-refractivity contribution >= 4 is 39.3 Å². The van der Waals surface area contributed by atoms with E-state index in [-0.39, 0.29) is 51.1 Å². The fraction of sp³-hybridized carbons (Fsp3) is 0.744. The van der Waals surface area contributed by atoms with Gasteiger partial charge in [-0.15, -0.1) is 0 Å². The number of carbonyl (C=O) groups is 4. The third kappa shape index (κ3) is 11.9. The SMILES string of the molecule is CCNc1ccc(S(=O)(=O)NC(=O)[C@H](C)[C@@H](OC)[C@@H]2CCCN2C(=O)C[C@@H](OC)[C@H]([C@@H](C)CC)N(C)C(=O)[C@@H](NC(=O)[C@H](C(C)C)N(C)C)C(C)C)cc1.[HH].[HH].[HH]. The number of hydrogen-bond acceptors (Lipinski definition) is 10. The first-order valence-corrected chi connectivity index (χ1v) is 20.7. The highest BCUT2D eigenvalue weighted by Crippen LogP contribution is 2.30. The third-order valence-electron chi connectivity index (χ3n) is 10.7. The van der Waals surface area contributed by atoms with Crippen LogP contribution >= 0.6 is 0 Å². The van der Waals surface area contributed by atoms with Gasteiger partial charge in [0, 0.05) is 44.3 Å². The molecule has 314 valence electrons. The van der Waals surface area contributed by atoms with Crippen molar-refractivity contribution in [2.45, 2.75) is 122 Å². The highest BCUT2D eigenvalue weighted by molar-refractivity contribution is 7.90. The quantitative estimate of drug-likeness (QED) is 0.164. The van der Waals surface area contributed by atoms with Crippen molar-refractivity contribution in [3.8, 4) is 0 Å². The molecule has 14 nitrogen and oxygen atoms in total. The highest BCUT2D eigenvalue weighted by Gasteiger charge is 2.43. The molecule has 1 saturated heterocycles. The number of amides is 4. The number of sulfonamides is 1. The molecule has 1 aromatic rings. The van der Waals surface area contributed by atoms with Crippen LogP contribution in [0.25, 0.3) is 0 Å². The van der Waals surface area contributed by atoms with E-state index >= 15 is 0 Å². The molecule has 3 N–H and O–H groups in total. The molecule has 0 aliphatic carbocycles. The van der Waals surface area contributed by atoms with Gasteiger partial charge < -0.3 is 29.9 Å². The Bertz CT molecular complexity index is 1500. The Morgan fingerprint density at radius 2 is 1.54 bits per heavy atom. The van der Waals surface area contributed by atoms with E-state index in [9.17, 15) is 27.6 Å². The maximum Gasteiger partial charge on any atom is 0.264 e. The maximum atomic E-state index is 14.2. The molecule has 1 aliphatic heterocycles. The predicted octanol–water partition coefficient (Wildman–Crippen LogP) is 4.31. The summed E-state index contributed by atoms with van der Waals surface area (Å²) >= 11 is 0. The molecule has 1 fully saturated rings. The van der Waals surface area contributed by atoms with Gasteiger partial charge in [0.1, 0.15) is 6.04 Å². The van der Waals surface area contributed by atoms with Crippen molar-refractivity contribution in [3.63, 3.8) is 0 Å². The lowest BCUT2D eigenvalue weighted by molar-refractivity contribution is -0.148. The third-order valence-corrected chi connectivity index (χ3v) is 12.1. The molecule has 1 heterocycles. The summed E-state index contributed by atoms with van der Waals surface area (Å²) in [6.45, 7) is 16.4. The average Bonchev–Trinajstić information content (AvgIpc) is 3.59. The van der Waals surface area contributed by atoms with Crippen molar-refractivity contribution in [2.24, 2.45) is 23.7 Å². The monoisotopic (exact) mass is 787 g/mol. The van der Waals surface area contributed by atoms with Crippen LogP contribution in [0.5, 0.6) is 0 Å². The van der Waals surface area contributed by atoms with E-state index in [1.165, 1.54) is 26.4 Å². The lowest BCUT2D eigenvalue weighted by atomic mass is 9.89. The molecular weight excluding hydrogens is 713 g/mol. The Balaban J connectivity index is 0. The Morgan fingerprint density at radius 3 is 2.02 bits per heavy atom. The van der Waals surface area contributed by atoms with Crippen LogP contribution in [-0.4, -0.2) is 132 Å². The molecule has 1 aromatic carbocycles. The zero-order valence-electron chi connectivity index (χ0n) is 34.8. The van der Waals surface area contributed by atoms with E-state index in [4.69, 9.17) is 9.47 Å². The number of benzene rings is 1. The normalized spacial score (nSPS) is 18.8. The van der Waals surface area contributed by atoms with Gasteiger partial charge in [0.25, 0.3) is 10.0 Å². The molecule has 4 amide bonds. The van der Waals surface area contributed by atoms with Gasteiger partial charge in [0.2, 0.25) is 23.6 Å². The van der Waals surface area contributed by atoms with Crippen molar-refractivity contribution in [1.82, 2.24) is 24.7 Å². The van der Waals surface area contributed by atoms with Gasteiger partial charge in [-0.1, -0.05) is 54.9 Å². The zero-order chi connectivity index (χ0) is 41.1. The van der Waals surface area contributed by atoms with Gasteiger partial charge >= 0.3 is 0 Å². The number of nitrogens with one attached hydrogen (secondary N) is 3. The Morgan fingerprint density at radius 1 is 0.926 bits per heavy atom. The zero-order valence-corrected chi connectivity index (χ0v) is 35.7. The van der Waals surface area contributed by atoms with Gasteiger partial charge in [0.15, 0.2) is 0 Å². The van der Waals surface area contributed by atoms with E-state index in [1.54, 1.807) is 35.9 Å². The molecule has 0 saturated carbocycles. The lowest BCUT2D eigenvalue weighted by Gasteiger charge is -2.41. The second kappa shape index (κ2) is 21.1. The number of rotatable bonds is 21. The molecule has 1 aliphatic rings. The van der Waals surface area contributed by atoms with Crippen LogP contribution < -0.4 is 15.4 Å². The summed E-state index contributed by atoms with van der Waals surface area (Å²) in [4.78, 5) is 60.3. The largest absolute Gasteiger partial charge is 0.385 e. The van der Waals surface area contributed by atoms with Crippen molar-refractivity contribution in [3.05, 3.63) is 24.3 Å². The van der Waals surface area contributed by atoms with E-state index < -0.39 is 58.2 Å². The maximum absolute atomic E-state index is 14.2. The van der Waals surface area contributed by atoms with Gasteiger partial charge in [-0.3, -0.25) is 24.1 Å². The van der Waals surface area contributed by atoms with Crippen LogP contribution in [-0.2, 0) is 38.7 Å². The molecule has 0 bridgehead atoms. The Labute approximate surface area is 328 Å². The summed E-state index contributed by atoms with van der Waals surface area (Å²) in [6, 6.07) is 3.94. The number of carbonyl (C=O) groups excluding carboxylic acids is 4. The van der Waals surface area contributed by atoms with Crippen molar-refractivity contribution in [1.29, 1.82) is 0 Å². The van der Waals surface area contributed by atoms with Gasteiger partial charge in [-0.05, 0) is 75.9 Å². The number of anilines is 1. The predicted molar refractivity (Wildman–Crippen MR) is 217 cm³/mol. The van der Waals surface area contributed by atoms with Gasteiger partial charge in [-0.2, -0.15) is 0 Å². The Kier molecular flexibility index (Phi) is 18.4. The second-order valence-corrected chi connectivity index (χ2v) is 17.2. The average molecular weight is 787 g/mol. The fourth-order valence-electron chi connectivity index (χ4n) is 7.65. The number of ether oxygens (including phenoxy) is 2. The molecule has 0 unspecified atom stereocenters. The number of hydrogen-bond donors (Lipinski definition) is 3. The molecule has 15 heteroatoms. The molecule has 8 atom stereocenters. The van der Waals surface area contributed by atoms with Crippen LogP contribution in [0.15, 0.2) is 29.2 Å². The van der Waals surface area contributed by atoms with Crippen molar-refractivity contribution < 1.29 is 41.3 Å².